The third-order valence-electron chi connectivity index (χ3n) is 3.17. The topological polar surface area (TPSA) is 80.6 Å². The smallest absolute Gasteiger partial charge is 0.309 e. The van der Waals surface area contributed by atoms with E-state index in [1.54, 1.807) is 38.3 Å². The molecule has 0 aliphatic rings. The summed E-state index contributed by atoms with van der Waals surface area (Å²) in [6.07, 6.45) is 1.51. The second-order valence-corrected chi connectivity index (χ2v) is 4.73. The van der Waals surface area contributed by atoms with Crippen molar-refractivity contribution in [1.29, 1.82) is 0 Å². The van der Waals surface area contributed by atoms with Gasteiger partial charge in [0.2, 0.25) is 0 Å². The highest BCUT2D eigenvalue weighted by atomic mass is 16.5. The lowest BCUT2D eigenvalue weighted by atomic mass is 10.1. The molecule has 2 aromatic rings. The Balaban J connectivity index is 1.85. The van der Waals surface area contributed by atoms with Crippen LogP contribution in [0.4, 0.5) is 0 Å². The molecule has 0 fully saturated rings. The molecule has 0 radical (unpaired) electrons. The summed E-state index contributed by atoms with van der Waals surface area (Å²) < 4.78 is 10.2. The van der Waals surface area contributed by atoms with Gasteiger partial charge in [-0.3, -0.25) is 9.59 Å². The third kappa shape index (κ3) is 4.12. The predicted molar refractivity (Wildman–Crippen MR) is 80.1 cm³/mol. The number of methoxy groups -OCH3 is 1. The standard InChI is InChI=1S/C16H18N2O4/c1-11(12-5-7-13(21-2)8-6-12)18-16(20)15(19)17-10-14-4-3-9-22-14/h3-9,11H,10H2,1-2H3,(H,17,19)(H,18,20)/t11-/m0/s1. The van der Waals surface area contributed by atoms with Crippen molar-refractivity contribution in [2.75, 3.05) is 7.11 Å². The molecule has 0 bridgehead atoms. The van der Waals surface area contributed by atoms with Crippen LogP contribution < -0.4 is 15.4 Å². The van der Waals surface area contributed by atoms with Crippen LogP contribution in [-0.4, -0.2) is 18.9 Å². The summed E-state index contributed by atoms with van der Waals surface area (Å²) in [4.78, 5) is 23.6. The summed E-state index contributed by atoms with van der Waals surface area (Å²) in [5, 5.41) is 5.14. The number of amides is 2. The van der Waals surface area contributed by atoms with Crippen LogP contribution >= 0.6 is 0 Å². The number of hydrogen-bond acceptors (Lipinski definition) is 4. The van der Waals surface area contributed by atoms with E-state index in [9.17, 15) is 9.59 Å². The van der Waals surface area contributed by atoms with Gasteiger partial charge in [0.1, 0.15) is 11.5 Å². The van der Waals surface area contributed by atoms with Crippen LogP contribution in [0, 0.1) is 0 Å². The van der Waals surface area contributed by atoms with Crippen molar-refractivity contribution < 1.29 is 18.7 Å². The number of rotatable bonds is 5. The van der Waals surface area contributed by atoms with E-state index in [0.717, 1.165) is 11.3 Å². The molecule has 0 unspecified atom stereocenters. The number of carbonyl (C=O) groups excluding carboxylic acids is 2. The Hall–Kier alpha value is -2.76. The van der Waals surface area contributed by atoms with Crippen LogP contribution in [0.25, 0.3) is 0 Å². The molecule has 22 heavy (non-hydrogen) atoms. The normalized spacial score (nSPS) is 11.5. The molecular weight excluding hydrogens is 284 g/mol. The Labute approximate surface area is 128 Å². The molecule has 0 aliphatic heterocycles. The third-order valence-corrected chi connectivity index (χ3v) is 3.17. The zero-order chi connectivity index (χ0) is 15.9. The van der Waals surface area contributed by atoms with Crippen molar-refractivity contribution in [1.82, 2.24) is 10.6 Å². The number of hydrogen-bond donors (Lipinski definition) is 2. The quantitative estimate of drug-likeness (QED) is 0.825. The Morgan fingerprint density at radius 2 is 1.91 bits per heavy atom. The second kappa shape index (κ2) is 7.31. The van der Waals surface area contributed by atoms with Gasteiger partial charge < -0.3 is 19.8 Å². The molecule has 1 heterocycles. The Kier molecular flexibility index (Phi) is 5.19. The molecule has 6 heteroatoms. The molecule has 6 nitrogen and oxygen atoms in total. The zero-order valence-electron chi connectivity index (χ0n) is 12.5. The lowest BCUT2D eigenvalue weighted by Gasteiger charge is -2.14. The predicted octanol–water partition coefficient (Wildman–Crippen LogP) is 1.78. The fourth-order valence-electron chi connectivity index (χ4n) is 1.90. The molecule has 1 aromatic heterocycles. The summed E-state index contributed by atoms with van der Waals surface area (Å²) in [7, 11) is 1.59. The highest BCUT2D eigenvalue weighted by molar-refractivity contribution is 6.35. The average Bonchev–Trinajstić information content (AvgIpc) is 3.06. The maximum absolute atomic E-state index is 11.8. The van der Waals surface area contributed by atoms with Gasteiger partial charge in [-0.2, -0.15) is 0 Å². The first-order valence-corrected chi connectivity index (χ1v) is 6.85. The van der Waals surface area contributed by atoms with Crippen molar-refractivity contribution in [2.45, 2.75) is 19.5 Å². The fraction of sp³-hybridized carbons (Fsp3) is 0.250. The van der Waals surface area contributed by atoms with Gasteiger partial charge >= 0.3 is 11.8 Å². The van der Waals surface area contributed by atoms with E-state index in [1.165, 1.54) is 6.26 Å². The van der Waals surface area contributed by atoms with Crippen LogP contribution in [-0.2, 0) is 16.1 Å². The van der Waals surface area contributed by atoms with Gasteiger partial charge in [0.15, 0.2) is 0 Å². The van der Waals surface area contributed by atoms with Crippen molar-refractivity contribution in [3.05, 3.63) is 54.0 Å². The largest absolute Gasteiger partial charge is 0.497 e. The van der Waals surface area contributed by atoms with Crippen LogP contribution in [0.15, 0.2) is 47.1 Å². The highest BCUT2D eigenvalue weighted by Crippen LogP contribution is 2.17. The maximum Gasteiger partial charge on any atom is 0.309 e. The summed E-state index contributed by atoms with van der Waals surface area (Å²) in [6.45, 7) is 1.98. The first-order chi connectivity index (χ1) is 10.6. The second-order valence-electron chi connectivity index (χ2n) is 4.73. The number of benzene rings is 1. The van der Waals surface area contributed by atoms with Crippen LogP contribution in [0.3, 0.4) is 0 Å². The van der Waals surface area contributed by atoms with E-state index in [0.29, 0.717) is 5.76 Å². The SMILES string of the molecule is COc1ccc([C@H](C)NC(=O)C(=O)NCc2ccco2)cc1. The average molecular weight is 302 g/mol. The highest BCUT2D eigenvalue weighted by Gasteiger charge is 2.17. The molecule has 116 valence electrons. The van der Waals surface area contributed by atoms with Gasteiger partial charge in [-0.1, -0.05) is 12.1 Å². The van der Waals surface area contributed by atoms with Gasteiger partial charge in [0.25, 0.3) is 0 Å². The molecule has 2 amide bonds. The monoisotopic (exact) mass is 302 g/mol. The minimum absolute atomic E-state index is 0.177. The fourth-order valence-corrected chi connectivity index (χ4v) is 1.90. The van der Waals surface area contributed by atoms with Gasteiger partial charge in [-0.15, -0.1) is 0 Å². The lowest BCUT2D eigenvalue weighted by Crippen LogP contribution is -2.40. The minimum Gasteiger partial charge on any atom is -0.497 e. The first kappa shape index (κ1) is 15.6. The van der Waals surface area contributed by atoms with Gasteiger partial charge in [-0.05, 0) is 36.8 Å². The number of nitrogens with one attached hydrogen (secondary N) is 2. The van der Waals surface area contributed by atoms with Gasteiger partial charge in [0, 0.05) is 0 Å². The van der Waals surface area contributed by atoms with E-state index in [4.69, 9.17) is 9.15 Å². The van der Waals surface area contributed by atoms with Gasteiger partial charge in [-0.25, -0.2) is 0 Å². The summed E-state index contributed by atoms with van der Waals surface area (Å²) in [5.74, 6) is -0.0607. The van der Waals surface area contributed by atoms with Crippen LogP contribution in [0.1, 0.15) is 24.3 Å². The summed E-state index contributed by atoms with van der Waals surface area (Å²) in [5.41, 5.74) is 0.882. The molecular formula is C16H18N2O4. The lowest BCUT2D eigenvalue weighted by molar-refractivity contribution is -0.139. The van der Waals surface area contributed by atoms with Gasteiger partial charge in [0.05, 0.1) is 26.0 Å². The molecule has 0 aliphatic carbocycles. The summed E-state index contributed by atoms with van der Waals surface area (Å²) >= 11 is 0. The molecule has 2 N–H and O–H groups in total. The number of ether oxygens (including phenoxy) is 1. The zero-order valence-corrected chi connectivity index (χ0v) is 12.5. The van der Waals surface area contributed by atoms with Crippen LogP contribution in [0.5, 0.6) is 5.75 Å². The van der Waals surface area contributed by atoms with Crippen molar-refractivity contribution >= 4 is 11.8 Å². The van der Waals surface area contributed by atoms with Crippen molar-refractivity contribution in [2.24, 2.45) is 0 Å². The molecule has 1 aromatic carbocycles. The molecule has 2 rings (SSSR count). The molecule has 1 atom stereocenters. The number of furan rings is 1. The number of carbonyl (C=O) groups is 2. The van der Waals surface area contributed by atoms with E-state index in [2.05, 4.69) is 10.6 Å². The van der Waals surface area contributed by atoms with E-state index in [-0.39, 0.29) is 12.6 Å². The van der Waals surface area contributed by atoms with Crippen molar-refractivity contribution in [3.63, 3.8) is 0 Å². The van der Waals surface area contributed by atoms with E-state index < -0.39 is 11.8 Å². The first-order valence-electron chi connectivity index (χ1n) is 6.85. The Morgan fingerprint density at radius 1 is 1.18 bits per heavy atom. The molecule has 0 spiro atoms. The Bertz CT molecular complexity index is 620. The summed E-state index contributed by atoms with van der Waals surface area (Å²) in [6, 6.07) is 10.4. The molecule has 0 saturated carbocycles. The van der Waals surface area contributed by atoms with Crippen molar-refractivity contribution in [3.8, 4) is 5.75 Å². The van der Waals surface area contributed by atoms with E-state index >= 15 is 0 Å². The maximum atomic E-state index is 11.8. The van der Waals surface area contributed by atoms with E-state index in [1.807, 2.05) is 12.1 Å². The Morgan fingerprint density at radius 3 is 2.50 bits per heavy atom. The molecule has 0 saturated heterocycles. The minimum atomic E-state index is -0.697. The van der Waals surface area contributed by atoms with Crippen LogP contribution in [0.2, 0.25) is 0 Å².